The minimum Gasteiger partial charge on any atom is -0.497 e. The number of ether oxygens (including phenoxy) is 1. The standard InChI is InChI=1S/C20H31N5O/c1-7-21-20(22-12-16-8-10-18(26-6)11-9-16)24(4)13-17-14-25(5)23-19(17)15(2)3/h8-11,14-15H,7,12-13H2,1-6H3,(H,21,22). The number of aromatic nitrogens is 2. The van der Waals surface area contributed by atoms with Crippen LogP contribution in [0.25, 0.3) is 0 Å². The molecule has 1 heterocycles. The highest BCUT2D eigenvalue weighted by atomic mass is 16.5. The van der Waals surface area contributed by atoms with Crippen molar-refractivity contribution in [3.05, 3.63) is 47.3 Å². The predicted molar refractivity (Wildman–Crippen MR) is 107 cm³/mol. The number of guanidine groups is 1. The van der Waals surface area contributed by atoms with Gasteiger partial charge < -0.3 is 15.0 Å². The molecule has 1 aromatic heterocycles. The van der Waals surface area contributed by atoms with Crippen LogP contribution >= 0.6 is 0 Å². The minimum absolute atomic E-state index is 0.401. The van der Waals surface area contributed by atoms with Crippen LogP contribution in [0.2, 0.25) is 0 Å². The zero-order valence-corrected chi connectivity index (χ0v) is 16.8. The van der Waals surface area contributed by atoms with Crippen LogP contribution in [0.5, 0.6) is 5.75 Å². The maximum absolute atomic E-state index is 5.21. The largest absolute Gasteiger partial charge is 0.497 e. The lowest BCUT2D eigenvalue weighted by molar-refractivity contribution is 0.414. The van der Waals surface area contributed by atoms with Gasteiger partial charge in [0.05, 0.1) is 19.3 Å². The number of nitrogens with one attached hydrogen (secondary N) is 1. The molecule has 1 aromatic carbocycles. The third-order valence-electron chi connectivity index (χ3n) is 4.16. The molecule has 26 heavy (non-hydrogen) atoms. The van der Waals surface area contributed by atoms with Gasteiger partial charge in [0.25, 0.3) is 0 Å². The van der Waals surface area contributed by atoms with Gasteiger partial charge in [-0.2, -0.15) is 5.10 Å². The first-order valence-corrected chi connectivity index (χ1v) is 9.09. The molecule has 0 saturated carbocycles. The third kappa shape index (κ3) is 5.25. The van der Waals surface area contributed by atoms with Gasteiger partial charge in [-0.3, -0.25) is 4.68 Å². The number of benzene rings is 1. The van der Waals surface area contributed by atoms with Gasteiger partial charge in [0.2, 0.25) is 0 Å². The summed E-state index contributed by atoms with van der Waals surface area (Å²) in [5.74, 6) is 2.15. The molecule has 6 nitrogen and oxygen atoms in total. The van der Waals surface area contributed by atoms with Gasteiger partial charge in [0, 0.05) is 38.9 Å². The Morgan fingerprint density at radius 2 is 2.00 bits per heavy atom. The maximum atomic E-state index is 5.21. The Labute approximate surface area is 156 Å². The van der Waals surface area contributed by atoms with Crippen molar-refractivity contribution in [3.63, 3.8) is 0 Å². The molecule has 0 radical (unpaired) electrons. The van der Waals surface area contributed by atoms with Crippen LogP contribution in [0.4, 0.5) is 0 Å². The van der Waals surface area contributed by atoms with Crippen LogP contribution < -0.4 is 10.1 Å². The Hall–Kier alpha value is -2.50. The van der Waals surface area contributed by atoms with Crippen molar-refractivity contribution < 1.29 is 4.74 Å². The molecule has 0 bridgehead atoms. The lowest BCUT2D eigenvalue weighted by Gasteiger charge is -2.22. The summed E-state index contributed by atoms with van der Waals surface area (Å²) in [5, 5.41) is 7.97. The number of nitrogens with zero attached hydrogens (tertiary/aromatic N) is 4. The monoisotopic (exact) mass is 357 g/mol. The van der Waals surface area contributed by atoms with Crippen LogP contribution in [-0.4, -0.2) is 41.3 Å². The normalized spacial score (nSPS) is 11.7. The molecule has 142 valence electrons. The maximum Gasteiger partial charge on any atom is 0.194 e. The van der Waals surface area contributed by atoms with Gasteiger partial charge in [-0.25, -0.2) is 4.99 Å². The summed E-state index contributed by atoms with van der Waals surface area (Å²) in [6.07, 6.45) is 2.10. The molecule has 0 unspecified atom stereocenters. The number of rotatable bonds is 7. The predicted octanol–water partition coefficient (Wildman–Crippen LogP) is 3.15. The molecule has 1 N–H and O–H groups in total. The summed E-state index contributed by atoms with van der Waals surface area (Å²) >= 11 is 0. The Morgan fingerprint density at radius 1 is 1.31 bits per heavy atom. The molecule has 0 fully saturated rings. The molecule has 6 heteroatoms. The van der Waals surface area contributed by atoms with Crippen LogP contribution in [0.15, 0.2) is 35.5 Å². The molecule has 0 aliphatic heterocycles. The van der Waals surface area contributed by atoms with Crippen LogP contribution in [0.3, 0.4) is 0 Å². The van der Waals surface area contributed by atoms with Crippen molar-refractivity contribution in [2.24, 2.45) is 12.0 Å². The fraction of sp³-hybridized carbons (Fsp3) is 0.500. The first kappa shape index (κ1) is 19.8. The van der Waals surface area contributed by atoms with Crippen LogP contribution in [0.1, 0.15) is 43.5 Å². The van der Waals surface area contributed by atoms with E-state index in [9.17, 15) is 0 Å². The zero-order chi connectivity index (χ0) is 19.1. The highest BCUT2D eigenvalue weighted by Crippen LogP contribution is 2.18. The summed E-state index contributed by atoms with van der Waals surface area (Å²) in [4.78, 5) is 6.93. The molecule has 0 aliphatic carbocycles. The Kier molecular flexibility index (Phi) is 7.06. The molecule has 0 aliphatic rings. The van der Waals surface area contributed by atoms with E-state index < -0.39 is 0 Å². The lowest BCUT2D eigenvalue weighted by atomic mass is 10.1. The van der Waals surface area contributed by atoms with Gasteiger partial charge in [-0.05, 0) is 30.5 Å². The third-order valence-corrected chi connectivity index (χ3v) is 4.16. The van der Waals surface area contributed by atoms with E-state index in [1.54, 1.807) is 7.11 Å². The fourth-order valence-electron chi connectivity index (χ4n) is 2.86. The molecule has 0 spiro atoms. The average molecular weight is 358 g/mol. The number of hydrogen-bond donors (Lipinski definition) is 1. The molecule has 2 aromatic rings. The second kappa shape index (κ2) is 9.27. The lowest BCUT2D eigenvalue weighted by Crippen LogP contribution is -2.38. The summed E-state index contributed by atoms with van der Waals surface area (Å²) in [5.41, 5.74) is 3.53. The van der Waals surface area contributed by atoms with Gasteiger partial charge in [0.1, 0.15) is 5.75 Å². The number of hydrogen-bond acceptors (Lipinski definition) is 3. The average Bonchev–Trinajstić information content (AvgIpc) is 2.99. The highest BCUT2D eigenvalue weighted by molar-refractivity contribution is 5.79. The van der Waals surface area contributed by atoms with E-state index in [4.69, 9.17) is 9.73 Å². The Morgan fingerprint density at radius 3 is 2.58 bits per heavy atom. The fourth-order valence-corrected chi connectivity index (χ4v) is 2.86. The smallest absolute Gasteiger partial charge is 0.194 e. The second-order valence-electron chi connectivity index (χ2n) is 6.74. The first-order chi connectivity index (χ1) is 12.4. The number of aryl methyl sites for hydroxylation is 1. The van der Waals surface area contributed by atoms with Crippen molar-refractivity contribution in [1.82, 2.24) is 20.0 Å². The highest BCUT2D eigenvalue weighted by Gasteiger charge is 2.15. The molecular formula is C20H31N5O. The van der Waals surface area contributed by atoms with Crippen molar-refractivity contribution in [3.8, 4) is 5.75 Å². The molecular weight excluding hydrogens is 326 g/mol. The van der Waals surface area contributed by atoms with Gasteiger partial charge in [-0.1, -0.05) is 26.0 Å². The number of methoxy groups -OCH3 is 1. The summed E-state index contributed by atoms with van der Waals surface area (Å²) < 4.78 is 7.09. The first-order valence-electron chi connectivity index (χ1n) is 9.09. The van der Waals surface area contributed by atoms with E-state index >= 15 is 0 Å². The molecule has 0 atom stereocenters. The van der Waals surface area contributed by atoms with Gasteiger partial charge in [-0.15, -0.1) is 0 Å². The summed E-state index contributed by atoms with van der Waals surface area (Å²) in [7, 11) is 5.71. The van der Waals surface area contributed by atoms with Crippen molar-refractivity contribution in [2.75, 3.05) is 20.7 Å². The van der Waals surface area contributed by atoms with E-state index in [1.165, 1.54) is 5.56 Å². The quantitative estimate of drug-likeness (QED) is 0.611. The van der Waals surface area contributed by atoms with E-state index in [-0.39, 0.29) is 0 Å². The second-order valence-corrected chi connectivity index (χ2v) is 6.74. The van der Waals surface area contributed by atoms with Gasteiger partial charge in [0.15, 0.2) is 5.96 Å². The van der Waals surface area contributed by atoms with E-state index in [2.05, 4.69) is 49.3 Å². The SMILES string of the molecule is CCNC(=NCc1ccc(OC)cc1)N(C)Cc1cn(C)nc1C(C)C. The van der Waals surface area contributed by atoms with Gasteiger partial charge >= 0.3 is 0 Å². The summed E-state index contributed by atoms with van der Waals surface area (Å²) in [6.45, 7) is 8.66. The van der Waals surface area contributed by atoms with Crippen molar-refractivity contribution in [2.45, 2.75) is 39.8 Å². The minimum atomic E-state index is 0.401. The molecule has 2 rings (SSSR count). The van der Waals surface area contributed by atoms with Crippen molar-refractivity contribution >= 4 is 5.96 Å². The molecule has 0 amide bonds. The number of aliphatic imine (C=N–C) groups is 1. The Bertz CT molecular complexity index is 718. The van der Waals surface area contributed by atoms with Crippen LogP contribution in [0, 0.1) is 0 Å². The Balaban J connectivity index is 2.11. The topological polar surface area (TPSA) is 54.7 Å². The van der Waals surface area contributed by atoms with E-state index in [0.29, 0.717) is 12.5 Å². The van der Waals surface area contributed by atoms with E-state index in [1.807, 2.05) is 36.0 Å². The molecule has 0 saturated heterocycles. The van der Waals surface area contributed by atoms with Crippen molar-refractivity contribution in [1.29, 1.82) is 0 Å². The summed E-state index contributed by atoms with van der Waals surface area (Å²) in [6, 6.07) is 8.02. The van der Waals surface area contributed by atoms with E-state index in [0.717, 1.165) is 36.1 Å². The zero-order valence-electron chi connectivity index (χ0n) is 16.8. The van der Waals surface area contributed by atoms with Crippen LogP contribution in [-0.2, 0) is 20.1 Å².